The maximum atomic E-state index is 12.2. The quantitative estimate of drug-likeness (QED) is 0.636. The number of rotatable bonds is 5. The Hall–Kier alpha value is -1.49. The van der Waals surface area contributed by atoms with E-state index in [1.807, 2.05) is 6.92 Å². The van der Waals surface area contributed by atoms with Crippen molar-refractivity contribution in [3.63, 3.8) is 0 Å². The Morgan fingerprint density at radius 1 is 1.27 bits per heavy atom. The number of methoxy groups -OCH3 is 1. The van der Waals surface area contributed by atoms with Crippen LogP contribution in [0.4, 0.5) is 4.79 Å². The number of carbonyl (C=O) groups is 1. The maximum Gasteiger partial charge on any atom is 0.409 e. The van der Waals surface area contributed by atoms with Crippen molar-refractivity contribution in [3.05, 3.63) is 23.0 Å². The van der Waals surface area contributed by atoms with Crippen LogP contribution in [0, 0.1) is 23.2 Å². The summed E-state index contributed by atoms with van der Waals surface area (Å²) in [4.78, 5) is 13.8. The summed E-state index contributed by atoms with van der Waals surface area (Å²) in [6.07, 6.45) is 11.5. The van der Waals surface area contributed by atoms with Crippen molar-refractivity contribution in [2.45, 2.75) is 77.2 Å². The smallest absolute Gasteiger partial charge is 0.409 e. The Balaban J connectivity index is 1.56. The highest BCUT2D eigenvalue weighted by atomic mass is 16.6. The van der Waals surface area contributed by atoms with Gasteiger partial charge in [-0.2, -0.15) is 0 Å². The number of hydrogen-bond acceptors (Lipinski definition) is 4. The van der Waals surface area contributed by atoms with Gasteiger partial charge in [-0.15, -0.1) is 0 Å². The molecule has 0 radical (unpaired) electrons. The molecule has 0 aliphatic heterocycles. The number of nitrogens with zero attached hydrogens (tertiary/aromatic N) is 1. The van der Waals surface area contributed by atoms with Crippen molar-refractivity contribution in [2.75, 3.05) is 27.3 Å². The topological polar surface area (TPSA) is 59.0 Å². The van der Waals surface area contributed by atoms with Gasteiger partial charge in [0, 0.05) is 18.9 Å². The average molecular weight is 418 g/mol. The molecule has 0 aromatic heterocycles. The molecule has 0 heterocycles. The van der Waals surface area contributed by atoms with Gasteiger partial charge in [-0.25, -0.2) is 4.79 Å². The maximum absolute atomic E-state index is 12.2. The minimum atomic E-state index is -0.816. The molecule has 5 heteroatoms. The Kier molecular flexibility index (Phi) is 5.95. The van der Waals surface area contributed by atoms with E-state index in [0.717, 1.165) is 50.7 Å². The minimum Gasteiger partial charge on any atom is -0.501 e. The van der Waals surface area contributed by atoms with Gasteiger partial charge >= 0.3 is 6.09 Å². The summed E-state index contributed by atoms with van der Waals surface area (Å²) < 4.78 is 10.7. The lowest BCUT2D eigenvalue weighted by atomic mass is 9.51. The van der Waals surface area contributed by atoms with Crippen molar-refractivity contribution in [1.29, 1.82) is 0 Å². The van der Waals surface area contributed by atoms with Crippen molar-refractivity contribution in [2.24, 2.45) is 23.2 Å². The van der Waals surface area contributed by atoms with Gasteiger partial charge in [0.05, 0.1) is 31.6 Å². The summed E-state index contributed by atoms with van der Waals surface area (Å²) in [6, 6.07) is 0. The summed E-state index contributed by atoms with van der Waals surface area (Å²) in [5.41, 5.74) is 2.39. The number of hydrogen-bond donors (Lipinski definition) is 1. The summed E-state index contributed by atoms with van der Waals surface area (Å²) in [6.45, 7) is 4.81. The fraction of sp³-hybridized carbons (Fsp3) is 0.800. The molecule has 5 atom stereocenters. The zero-order valence-electron chi connectivity index (χ0n) is 19.2. The molecular formula is C25H39NO4. The lowest BCUT2D eigenvalue weighted by Crippen LogP contribution is -2.57. The lowest BCUT2D eigenvalue weighted by molar-refractivity contribution is -0.128. The molecule has 0 unspecified atom stereocenters. The third kappa shape index (κ3) is 3.28. The van der Waals surface area contributed by atoms with Crippen LogP contribution in [-0.2, 0) is 9.47 Å². The van der Waals surface area contributed by atoms with E-state index in [1.54, 1.807) is 30.2 Å². The molecule has 4 aliphatic carbocycles. The summed E-state index contributed by atoms with van der Waals surface area (Å²) in [5.74, 6) is 3.00. The highest BCUT2D eigenvalue weighted by Gasteiger charge is 2.63. The molecule has 0 spiro atoms. The zero-order valence-corrected chi connectivity index (χ0v) is 19.2. The van der Waals surface area contributed by atoms with Crippen LogP contribution >= 0.6 is 0 Å². The molecule has 2 fully saturated rings. The van der Waals surface area contributed by atoms with E-state index in [9.17, 15) is 9.90 Å². The van der Waals surface area contributed by atoms with Crippen molar-refractivity contribution in [3.8, 4) is 0 Å². The van der Waals surface area contributed by atoms with E-state index in [0.29, 0.717) is 30.9 Å². The van der Waals surface area contributed by atoms with E-state index in [2.05, 4.69) is 13.0 Å². The fourth-order valence-corrected chi connectivity index (χ4v) is 7.67. The molecule has 5 nitrogen and oxygen atoms in total. The Morgan fingerprint density at radius 2 is 2.07 bits per heavy atom. The van der Waals surface area contributed by atoms with Crippen LogP contribution in [0.5, 0.6) is 0 Å². The minimum absolute atomic E-state index is 0.0881. The highest BCUT2D eigenvalue weighted by Crippen LogP contribution is 2.65. The van der Waals surface area contributed by atoms with Gasteiger partial charge in [0.2, 0.25) is 0 Å². The van der Waals surface area contributed by atoms with E-state index in [-0.39, 0.29) is 11.5 Å². The molecule has 168 valence electrons. The second-order valence-corrected chi connectivity index (χ2v) is 9.97. The SMILES string of the molecule is CCOC(=O)N(C)C[C@]1(O)CC[C@H]2[C@@H]3CCC4=C(CC=C(OC)C4)[C@H]3CC[C@@]21CC. The Bertz CT molecular complexity index is 743. The predicted octanol–water partition coefficient (Wildman–Crippen LogP) is 5.05. The largest absolute Gasteiger partial charge is 0.501 e. The molecular weight excluding hydrogens is 378 g/mol. The van der Waals surface area contributed by atoms with Crippen LogP contribution in [0.3, 0.4) is 0 Å². The van der Waals surface area contributed by atoms with Crippen LogP contribution in [0.25, 0.3) is 0 Å². The number of ether oxygens (including phenoxy) is 2. The number of allylic oxidation sites excluding steroid dienone is 3. The second kappa shape index (κ2) is 8.22. The van der Waals surface area contributed by atoms with Gasteiger partial charge in [0.1, 0.15) is 0 Å². The number of carbonyl (C=O) groups excluding carboxylic acids is 1. The van der Waals surface area contributed by atoms with E-state index >= 15 is 0 Å². The van der Waals surface area contributed by atoms with Crippen molar-refractivity contribution >= 4 is 6.09 Å². The molecule has 0 aromatic carbocycles. The second-order valence-electron chi connectivity index (χ2n) is 9.97. The molecule has 4 aliphatic rings. The summed E-state index contributed by atoms with van der Waals surface area (Å²) in [5, 5.41) is 11.9. The number of amides is 1. The van der Waals surface area contributed by atoms with Crippen molar-refractivity contribution in [1.82, 2.24) is 4.90 Å². The first kappa shape index (κ1) is 21.7. The molecule has 0 bridgehead atoms. The van der Waals surface area contributed by atoms with E-state index in [1.165, 1.54) is 12.8 Å². The molecule has 4 rings (SSSR count). The number of fused-ring (bicyclic) bond motifs is 4. The van der Waals surface area contributed by atoms with E-state index in [4.69, 9.17) is 9.47 Å². The van der Waals surface area contributed by atoms with Crippen LogP contribution in [0.15, 0.2) is 23.0 Å². The summed E-state index contributed by atoms with van der Waals surface area (Å²) in [7, 11) is 3.55. The van der Waals surface area contributed by atoms with Crippen LogP contribution in [0.2, 0.25) is 0 Å². The number of aliphatic hydroxyl groups is 1. The van der Waals surface area contributed by atoms with Crippen LogP contribution < -0.4 is 0 Å². The summed E-state index contributed by atoms with van der Waals surface area (Å²) >= 11 is 0. The number of likely N-dealkylation sites (N-methyl/N-ethyl adjacent to an activating group) is 1. The normalized spacial score (nSPS) is 37.6. The van der Waals surface area contributed by atoms with Gasteiger partial charge < -0.3 is 19.5 Å². The highest BCUT2D eigenvalue weighted by molar-refractivity contribution is 5.67. The monoisotopic (exact) mass is 417 g/mol. The zero-order chi connectivity index (χ0) is 21.5. The molecule has 2 saturated carbocycles. The molecule has 1 N–H and O–H groups in total. The standard InChI is InChI=1S/C25H39NO4/c1-5-24-13-11-20-19-10-8-18(29-4)15-17(19)7-9-21(20)22(24)12-14-25(24,28)16-26(3)23(27)30-6-2/h8,20-22,28H,5-7,9-16H2,1-4H3/t20-,21-,22+,24+,25-/m1/s1. The molecule has 0 aromatic rings. The van der Waals surface area contributed by atoms with Gasteiger partial charge in [-0.3, -0.25) is 0 Å². The average Bonchev–Trinajstić information content (AvgIpc) is 3.05. The first-order valence-corrected chi connectivity index (χ1v) is 11.9. The molecule has 1 amide bonds. The van der Waals surface area contributed by atoms with Crippen LogP contribution in [-0.4, -0.2) is 49.0 Å². The third-order valence-corrected chi connectivity index (χ3v) is 9.03. The van der Waals surface area contributed by atoms with Crippen LogP contribution in [0.1, 0.15) is 71.6 Å². The predicted molar refractivity (Wildman–Crippen MR) is 117 cm³/mol. The Morgan fingerprint density at radius 3 is 2.77 bits per heavy atom. The first-order valence-electron chi connectivity index (χ1n) is 11.9. The first-order chi connectivity index (χ1) is 14.4. The third-order valence-electron chi connectivity index (χ3n) is 9.03. The van der Waals surface area contributed by atoms with Crippen molar-refractivity contribution < 1.29 is 19.4 Å². The van der Waals surface area contributed by atoms with Gasteiger partial charge in [0.15, 0.2) is 0 Å². The Labute approximate surface area is 181 Å². The van der Waals surface area contributed by atoms with Gasteiger partial charge in [-0.1, -0.05) is 18.1 Å². The molecule has 30 heavy (non-hydrogen) atoms. The molecule has 0 saturated heterocycles. The van der Waals surface area contributed by atoms with Gasteiger partial charge in [0.25, 0.3) is 0 Å². The lowest BCUT2D eigenvalue weighted by Gasteiger charge is -2.56. The van der Waals surface area contributed by atoms with E-state index < -0.39 is 5.60 Å². The van der Waals surface area contributed by atoms with Gasteiger partial charge in [-0.05, 0) is 82.1 Å². The fourth-order valence-electron chi connectivity index (χ4n) is 7.67.